The zero-order valence-corrected chi connectivity index (χ0v) is 16.7. The number of likely N-dealkylation sites (tertiary alicyclic amines) is 1. The molecule has 1 unspecified atom stereocenters. The van der Waals surface area contributed by atoms with Crippen LogP contribution >= 0.6 is 11.8 Å². The number of hydrogen-bond donors (Lipinski definition) is 0. The Bertz CT molecular complexity index is 862. The lowest BCUT2D eigenvalue weighted by molar-refractivity contribution is 0.0951. The highest BCUT2D eigenvalue weighted by atomic mass is 32.2. The van der Waals surface area contributed by atoms with Gasteiger partial charge in [-0.2, -0.15) is 0 Å². The third kappa shape index (κ3) is 4.37. The summed E-state index contributed by atoms with van der Waals surface area (Å²) in [7, 11) is 0. The molecule has 0 aliphatic carbocycles. The summed E-state index contributed by atoms with van der Waals surface area (Å²) in [6.07, 6.45) is 8.68. The monoisotopic (exact) mass is 379 g/mol. The van der Waals surface area contributed by atoms with Crippen LogP contribution in [0.1, 0.15) is 18.9 Å². The van der Waals surface area contributed by atoms with Gasteiger partial charge < -0.3 is 9.30 Å². The van der Waals surface area contributed by atoms with E-state index in [2.05, 4.69) is 59.5 Å². The Balaban J connectivity index is 1.36. The first-order valence-corrected chi connectivity index (χ1v) is 10.5. The number of imidazole rings is 1. The molecule has 1 fully saturated rings. The Morgan fingerprint density at radius 2 is 1.89 bits per heavy atom. The first kappa shape index (κ1) is 18.1. The average Bonchev–Trinajstić information content (AvgIpc) is 3.33. The van der Waals surface area contributed by atoms with Gasteiger partial charge in [0, 0.05) is 49.0 Å². The lowest BCUT2D eigenvalue weighted by atomic mass is 10.1. The van der Waals surface area contributed by atoms with Gasteiger partial charge >= 0.3 is 0 Å². The molecule has 0 radical (unpaired) electrons. The third-order valence-electron chi connectivity index (χ3n) is 5.08. The quantitative estimate of drug-likeness (QED) is 0.584. The Hall–Kier alpha value is -2.24. The molecular weight excluding hydrogens is 354 g/mol. The summed E-state index contributed by atoms with van der Waals surface area (Å²) in [5.74, 6) is 0.924. The van der Waals surface area contributed by atoms with Gasteiger partial charge in [0.15, 0.2) is 0 Å². The van der Waals surface area contributed by atoms with E-state index in [-0.39, 0.29) is 5.60 Å². The van der Waals surface area contributed by atoms with Crippen molar-refractivity contribution in [2.45, 2.75) is 30.4 Å². The molecule has 1 aliphatic heterocycles. The molecule has 27 heavy (non-hydrogen) atoms. The first-order valence-electron chi connectivity index (χ1n) is 9.26. The van der Waals surface area contributed by atoms with E-state index in [1.165, 1.54) is 10.5 Å². The molecule has 1 aromatic heterocycles. The van der Waals surface area contributed by atoms with Crippen molar-refractivity contribution in [2.24, 2.45) is 0 Å². The van der Waals surface area contributed by atoms with Crippen LogP contribution in [0.15, 0.2) is 72.1 Å². The van der Waals surface area contributed by atoms with Gasteiger partial charge in [-0.15, -0.1) is 11.8 Å². The molecule has 0 saturated carbocycles. The summed E-state index contributed by atoms with van der Waals surface area (Å²) < 4.78 is 8.36. The second-order valence-electron chi connectivity index (χ2n) is 7.32. The van der Waals surface area contributed by atoms with Crippen LogP contribution in [0.3, 0.4) is 0 Å². The lowest BCUT2D eigenvalue weighted by Crippen LogP contribution is -2.35. The van der Waals surface area contributed by atoms with E-state index in [4.69, 9.17) is 4.74 Å². The highest BCUT2D eigenvalue weighted by Crippen LogP contribution is 2.29. The van der Waals surface area contributed by atoms with Gasteiger partial charge in [-0.05, 0) is 55.1 Å². The predicted molar refractivity (Wildman–Crippen MR) is 111 cm³/mol. The van der Waals surface area contributed by atoms with Crippen LogP contribution < -0.4 is 4.74 Å². The van der Waals surface area contributed by atoms with Gasteiger partial charge in [0.25, 0.3) is 0 Å². The molecule has 2 heterocycles. The second-order valence-corrected chi connectivity index (χ2v) is 8.20. The molecular formula is C22H25N3OS. The number of benzene rings is 2. The minimum absolute atomic E-state index is 0.143. The summed E-state index contributed by atoms with van der Waals surface area (Å²) in [4.78, 5) is 7.89. The number of aromatic nitrogens is 2. The fraction of sp³-hybridized carbons (Fsp3) is 0.318. The van der Waals surface area contributed by atoms with Crippen LogP contribution in [0, 0.1) is 0 Å². The fourth-order valence-electron chi connectivity index (χ4n) is 3.62. The molecule has 2 aromatic carbocycles. The Morgan fingerprint density at radius 3 is 2.56 bits per heavy atom. The largest absolute Gasteiger partial charge is 0.486 e. The smallest absolute Gasteiger partial charge is 0.120 e. The van der Waals surface area contributed by atoms with Gasteiger partial charge in [-0.3, -0.25) is 4.90 Å². The van der Waals surface area contributed by atoms with Gasteiger partial charge in [0.2, 0.25) is 0 Å². The van der Waals surface area contributed by atoms with Gasteiger partial charge in [0.1, 0.15) is 11.4 Å². The van der Waals surface area contributed by atoms with E-state index < -0.39 is 0 Å². The van der Waals surface area contributed by atoms with Gasteiger partial charge in [-0.25, -0.2) is 4.98 Å². The number of hydrogen-bond acceptors (Lipinski definition) is 4. The summed E-state index contributed by atoms with van der Waals surface area (Å²) in [6.45, 7) is 5.20. The molecule has 1 atom stereocenters. The molecule has 0 bridgehead atoms. The van der Waals surface area contributed by atoms with Crippen molar-refractivity contribution in [3.05, 3.63) is 72.8 Å². The molecule has 4 nitrogen and oxygen atoms in total. The van der Waals surface area contributed by atoms with Crippen LogP contribution in [0.4, 0.5) is 0 Å². The Kier molecular flexibility index (Phi) is 5.23. The van der Waals surface area contributed by atoms with E-state index >= 15 is 0 Å². The maximum absolute atomic E-state index is 6.37. The molecule has 5 heteroatoms. The highest BCUT2D eigenvalue weighted by Gasteiger charge is 2.35. The molecule has 4 rings (SSSR count). The molecule has 3 aromatic rings. The summed E-state index contributed by atoms with van der Waals surface area (Å²) in [6, 6.07) is 17.1. The topological polar surface area (TPSA) is 30.3 Å². The Labute approximate surface area is 165 Å². The molecule has 140 valence electrons. The molecule has 0 amide bonds. The number of rotatable bonds is 6. The predicted octanol–water partition coefficient (Wildman–Crippen LogP) is 4.64. The van der Waals surface area contributed by atoms with Crippen molar-refractivity contribution in [1.82, 2.24) is 14.5 Å². The van der Waals surface area contributed by atoms with E-state index in [1.54, 1.807) is 24.3 Å². The van der Waals surface area contributed by atoms with E-state index in [1.807, 2.05) is 22.9 Å². The summed E-state index contributed by atoms with van der Waals surface area (Å²) in [5.41, 5.74) is 2.31. The van der Waals surface area contributed by atoms with Crippen molar-refractivity contribution in [1.29, 1.82) is 0 Å². The second kappa shape index (κ2) is 7.79. The third-order valence-corrected chi connectivity index (χ3v) is 5.83. The van der Waals surface area contributed by atoms with Crippen molar-refractivity contribution < 1.29 is 4.74 Å². The van der Waals surface area contributed by atoms with Crippen molar-refractivity contribution >= 4 is 11.8 Å². The fourth-order valence-corrected chi connectivity index (χ4v) is 4.02. The summed E-state index contributed by atoms with van der Waals surface area (Å²) in [5, 5.41) is 0. The number of thioether (sulfide) groups is 1. The zero-order valence-electron chi connectivity index (χ0n) is 15.8. The molecule has 1 saturated heterocycles. The lowest BCUT2D eigenvalue weighted by Gasteiger charge is -2.26. The van der Waals surface area contributed by atoms with Crippen LogP contribution in [0.5, 0.6) is 5.75 Å². The first-order chi connectivity index (χ1) is 13.1. The van der Waals surface area contributed by atoms with Crippen LogP contribution in [0.25, 0.3) is 5.69 Å². The maximum Gasteiger partial charge on any atom is 0.120 e. The SMILES string of the molecule is CSc1ccc(CN2CCC(C)(Oc3ccc(-n4ccnc4)cc3)C2)cc1. The molecule has 0 N–H and O–H groups in total. The zero-order chi connectivity index (χ0) is 18.7. The Morgan fingerprint density at radius 1 is 1.11 bits per heavy atom. The van der Waals surface area contributed by atoms with Crippen LogP contribution in [-0.2, 0) is 6.54 Å². The average molecular weight is 380 g/mol. The molecule has 0 spiro atoms. The molecule has 1 aliphatic rings. The minimum Gasteiger partial charge on any atom is -0.486 e. The van der Waals surface area contributed by atoms with Crippen LogP contribution in [0.2, 0.25) is 0 Å². The number of nitrogens with zero attached hydrogens (tertiary/aromatic N) is 3. The van der Waals surface area contributed by atoms with Crippen molar-refractivity contribution in [3.63, 3.8) is 0 Å². The maximum atomic E-state index is 6.37. The number of ether oxygens (including phenoxy) is 1. The van der Waals surface area contributed by atoms with E-state index in [0.29, 0.717) is 0 Å². The summed E-state index contributed by atoms with van der Waals surface area (Å²) >= 11 is 1.78. The van der Waals surface area contributed by atoms with Crippen molar-refractivity contribution in [3.8, 4) is 11.4 Å². The normalized spacial score (nSPS) is 20.1. The highest BCUT2D eigenvalue weighted by molar-refractivity contribution is 7.98. The van der Waals surface area contributed by atoms with E-state index in [9.17, 15) is 0 Å². The minimum atomic E-state index is -0.143. The van der Waals surface area contributed by atoms with Crippen molar-refractivity contribution in [2.75, 3.05) is 19.3 Å². The standard InChI is InChI=1S/C22H25N3OS/c1-22(26-20-7-5-19(6-8-20)25-14-12-23-17-25)11-13-24(16-22)15-18-3-9-21(27-2)10-4-18/h3-10,12,14,17H,11,13,15-16H2,1-2H3. The van der Waals surface area contributed by atoms with Gasteiger partial charge in [-0.1, -0.05) is 12.1 Å². The van der Waals surface area contributed by atoms with Crippen LogP contribution in [-0.4, -0.2) is 39.4 Å². The van der Waals surface area contributed by atoms with Gasteiger partial charge in [0.05, 0.1) is 6.33 Å². The van der Waals surface area contributed by atoms with E-state index in [0.717, 1.165) is 37.5 Å².